The van der Waals surface area contributed by atoms with Gasteiger partial charge in [-0.3, -0.25) is 0 Å². The maximum absolute atomic E-state index is 8.93. The van der Waals surface area contributed by atoms with E-state index in [0.29, 0.717) is 0 Å². The summed E-state index contributed by atoms with van der Waals surface area (Å²) in [7, 11) is 0. The number of carboxylic acid groups (broad SMARTS) is 4. The minimum absolute atomic E-state index is 0. The third-order valence-electron chi connectivity index (χ3n) is 0.333. The van der Waals surface area contributed by atoms with Crippen LogP contribution < -0.4 is 20.4 Å². The van der Waals surface area contributed by atoms with E-state index in [9.17, 15) is 0 Å². The number of hydrogen-bond acceptors (Lipinski definition) is 8. The molecule has 13 heavy (non-hydrogen) atoms. The summed E-state index contributed by atoms with van der Waals surface area (Å²) < 4.78 is 0. The van der Waals surface area contributed by atoms with Gasteiger partial charge >= 0.3 is 0 Å². The van der Waals surface area contributed by atoms with Crippen molar-refractivity contribution in [1.29, 1.82) is 0 Å². The molecule has 1 radical (unpaired) electrons. The van der Waals surface area contributed by atoms with Gasteiger partial charge in [-0.25, -0.2) is 0 Å². The smallest absolute Gasteiger partial charge is 0.0870 e. The van der Waals surface area contributed by atoms with Crippen LogP contribution in [-0.4, -0.2) is 23.9 Å². The zero-order valence-corrected chi connectivity index (χ0v) is 9.55. The molecule has 0 bridgehead atoms. The molecule has 0 amide bonds. The van der Waals surface area contributed by atoms with Gasteiger partial charge < -0.3 is 39.6 Å². The molecule has 0 rings (SSSR count). The Labute approximate surface area is 104 Å². The van der Waals surface area contributed by atoms with Crippen LogP contribution in [-0.2, 0) is 19.2 Å². The number of hydrogen-bond donors (Lipinski definition) is 0. The van der Waals surface area contributed by atoms with Gasteiger partial charge in [-0.15, -0.1) is 0 Å². The topological polar surface area (TPSA) is 161 Å². The molecular formula is C4O8Pr-4. The minimum Gasteiger partial charge on any atom is -0.543 e. The molecule has 0 aliphatic carbocycles. The molecule has 8 nitrogen and oxygen atoms in total. The van der Waals surface area contributed by atoms with Crippen LogP contribution in [0.2, 0.25) is 0 Å². The van der Waals surface area contributed by atoms with E-state index in [0.717, 1.165) is 0 Å². The van der Waals surface area contributed by atoms with Crippen LogP contribution in [0.5, 0.6) is 0 Å². The largest absolute Gasteiger partial charge is 0.543 e. The summed E-state index contributed by atoms with van der Waals surface area (Å²) in [5, 5.41) is 35.7. The average Bonchev–Trinajstić information content (AvgIpc) is 1.88. The first-order valence-corrected chi connectivity index (χ1v) is 2.13. The van der Waals surface area contributed by atoms with Gasteiger partial charge in [0.05, 0.1) is 23.9 Å². The van der Waals surface area contributed by atoms with E-state index in [2.05, 4.69) is 0 Å². The standard InChI is InChI=1S/2C2H2O4.Pr/c2*3-1(4)2(5)6;/h2*(H,3,4)(H,5,6);/p-4. The Hall–Kier alpha value is -0.756. The molecule has 0 aromatic heterocycles. The SMILES string of the molecule is O=C([O-])C(=O)[O-].O=C([O-])C(=O)[O-].[Pr]. The number of carbonyl (C=O) groups is 4. The number of aliphatic carboxylic acids is 4. The summed E-state index contributed by atoms with van der Waals surface area (Å²) in [6, 6.07) is 0. The van der Waals surface area contributed by atoms with Gasteiger partial charge in [0.15, 0.2) is 0 Å². The van der Waals surface area contributed by atoms with Gasteiger partial charge in [0.1, 0.15) is 0 Å². The van der Waals surface area contributed by atoms with E-state index in [-0.39, 0.29) is 41.3 Å². The second-order valence-corrected chi connectivity index (χ2v) is 1.15. The minimum atomic E-state index is -2.19. The van der Waals surface area contributed by atoms with Crippen molar-refractivity contribution in [2.24, 2.45) is 0 Å². The first kappa shape index (κ1) is 18.1. The molecule has 71 valence electrons. The predicted octanol–water partition coefficient (Wildman–Crippen LogP) is -7.03. The van der Waals surface area contributed by atoms with Gasteiger partial charge in [0, 0.05) is 41.3 Å². The molecular weight excluding hydrogens is 317 g/mol. The van der Waals surface area contributed by atoms with Gasteiger partial charge in [-0.05, 0) is 0 Å². The predicted molar refractivity (Wildman–Crippen MR) is 20.0 cm³/mol. The third-order valence-corrected chi connectivity index (χ3v) is 0.333. The molecule has 0 heterocycles. The van der Waals surface area contributed by atoms with Crippen molar-refractivity contribution in [3.8, 4) is 0 Å². The fourth-order valence-electron chi connectivity index (χ4n) is 0. The average molecular weight is 317 g/mol. The van der Waals surface area contributed by atoms with Crippen molar-refractivity contribution in [2.45, 2.75) is 0 Å². The normalized spacial score (nSPS) is 6.77. The molecule has 0 saturated heterocycles. The number of rotatable bonds is 0. The molecule has 0 fully saturated rings. The molecule has 9 heteroatoms. The fraction of sp³-hybridized carbons (Fsp3) is 0. The van der Waals surface area contributed by atoms with E-state index < -0.39 is 23.9 Å². The van der Waals surface area contributed by atoms with E-state index >= 15 is 0 Å². The quantitative estimate of drug-likeness (QED) is 0.398. The summed E-state index contributed by atoms with van der Waals surface area (Å²) in [6.45, 7) is 0. The Balaban J connectivity index is -0.000000143. The maximum atomic E-state index is 8.93. The maximum Gasteiger partial charge on any atom is 0.0870 e. The Morgan fingerprint density at radius 3 is 0.615 bits per heavy atom. The first-order chi connectivity index (χ1) is 5.29. The number of carbonyl (C=O) groups excluding carboxylic acids is 4. The second kappa shape index (κ2) is 9.33. The monoisotopic (exact) mass is 317 g/mol. The van der Waals surface area contributed by atoms with Crippen LogP contribution in [0.4, 0.5) is 0 Å². The van der Waals surface area contributed by atoms with Crippen molar-refractivity contribution < 1.29 is 80.9 Å². The van der Waals surface area contributed by atoms with E-state index in [1.807, 2.05) is 0 Å². The first-order valence-electron chi connectivity index (χ1n) is 2.13. The van der Waals surface area contributed by atoms with Crippen LogP contribution in [0.15, 0.2) is 0 Å². The molecule has 0 unspecified atom stereocenters. The van der Waals surface area contributed by atoms with Crippen molar-refractivity contribution in [3.63, 3.8) is 0 Å². The van der Waals surface area contributed by atoms with Crippen LogP contribution in [0.1, 0.15) is 0 Å². The van der Waals surface area contributed by atoms with E-state index in [1.165, 1.54) is 0 Å². The number of carboxylic acids is 4. The molecule has 0 aromatic carbocycles. The Morgan fingerprint density at radius 1 is 0.538 bits per heavy atom. The summed E-state index contributed by atoms with van der Waals surface area (Å²) in [4.78, 5) is 35.7. The molecule has 0 spiro atoms. The molecule has 0 saturated carbocycles. The van der Waals surface area contributed by atoms with Crippen LogP contribution >= 0.6 is 0 Å². The van der Waals surface area contributed by atoms with Crippen molar-refractivity contribution in [1.82, 2.24) is 0 Å². The summed E-state index contributed by atoms with van der Waals surface area (Å²) in [5.41, 5.74) is 0. The van der Waals surface area contributed by atoms with Crippen molar-refractivity contribution in [2.75, 3.05) is 0 Å². The zero-order valence-electron chi connectivity index (χ0n) is 5.84. The van der Waals surface area contributed by atoms with Crippen LogP contribution in [0.25, 0.3) is 0 Å². The van der Waals surface area contributed by atoms with Crippen LogP contribution in [0, 0.1) is 41.3 Å². The van der Waals surface area contributed by atoms with Gasteiger partial charge in [0.25, 0.3) is 0 Å². The Morgan fingerprint density at radius 2 is 0.615 bits per heavy atom. The molecule has 0 aromatic rings. The Kier molecular flexibility index (Phi) is 13.0. The fourth-order valence-corrected chi connectivity index (χ4v) is 0. The molecule has 0 aliphatic rings. The summed E-state index contributed by atoms with van der Waals surface area (Å²) in [5.74, 6) is -8.74. The van der Waals surface area contributed by atoms with E-state index in [4.69, 9.17) is 39.6 Å². The van der Waals surface area contributed by atoms with Gasteiger partial charge in [0.2, 0.25) is 0 Å². The van der Waals surface area contributed by atoms with Crippen molar-refractivity contribution in [3.05, 3.63) is 0 Å². The third kappa shape index (κ3) is 18.3. The van der Waals surface area contributed by atoms with Crippen LogP contribution in [0.3, 0.4) is 0 Å². The summed E-state index contributed by atoms with van der Waals surface area (Å²) >= 11 is 0. The summed E-state index contributed by atoms with van der Waals surface area (Å²) in [6.07, 6.45) is 0. The molecule has 0 N–H and O–H groups in total. The van der Waals surface area contributed by atoms with Crippen molar-refractivity contribution >= 4 is 23.9 Å². The molecule has 0 atom stereocenters. The zero-order chi connectivity index (χ0) is 10.3. The van der Waals surface area contributed by atoms with Gasteiger partial charge in [-0.2, -0.15) is 0 Å². The molecule has 0 aliphatic heterocycles. The van der Waals surface area contributed by atoms with E-state index in [1.54, 1.807) is 0 Å². The second-order valence-electron chi connectivity index (χ2n) is 1.15. The van der Waals surface area contributed by atoms with Gasteiger partial charge in [-0.1, -0.05) is 0 Å². The Bertz CT molecular complexity index is 172.